The molecule has 5 nitrogen and oxygen atoms in total. The van der Waals surface area contributed by atoms with E-state index in [0.29, 0.717) is 13.1 Å². The number of benzene rings is 1. The molecule has 1 saturated heterocycles. The van der Waals surface area contributed by atoms with Crippen LogP contribution in [0.15, 0.2) is 35.1 Å². The molecule has 3 rings (SSSR count). The molecule has 5 heteroatoms. The number of hydrogen-bond donors (Lipinski definition) is 1. The number of carbonyl (C=O) groups is 1. The summed E-state index contributed by atoms with van der Waals surface area (Å²) < 4.78 is 5.42. The highest BCUT2D eigenvalue weighted by Gasteiger charge is 2.28. The van der Waals surface area contributed by atoms with Gasteiger partial charge in [-0.3, -0.25) is 4.79 Å². The molecule has 0 bridgehead atoms. The number of pyridine rings is 1. The summed E-state index contributed by atoms with van der Waals surface area (Å²) in [6, 6.07) is 9.78. The lowest BCUT2D eigenvalue weighted by Gasteiger charge is -2.33. The fourth-order valence-electron chi connectivity index (χ4n) is 3.17. The standard InChI is InChI=1S/C19H24N2O3/c1-19(2,3)24-18(23)21-10-8-13(9-11-21)15-12-14-6-4-5-7-16(14)20-17(15)22/h4-7,12-13H,8-11H2,1-3H3,(H,20,22). The van der Waals surface area contributed by atoms with Gasteiger partial charge in [-0.05, 0) is 57.0 Å². The van der Waals surface area contributed by atoms with Crippen LogP contribution in [0, 0.1) is 0 Å². The third kappa shape index (κ3) is 3.61. The van der Waals surface area contributed by atoms with E-state index in [-0.39, 0.29) is 17.6 Å². The first-order valence-corrected chi connectivity index (χ1v) is 8.43. The molecule has 0 aliphatic carbocycles. The molecular weight excluding hydrogens is 304 g/mol. The Morgan fingerprint density at radius 3 is 2.54 bits per heavy atom. The number of H-pyrrole nitrogens is 1. The van der Waals surface area contributed by atoms with Gasteiger partial charge in [0, 0.05) is 24.2 Å². The van der Waals surface area contributed by atoms with Gasteiger partial charge in [0.2, 0.25) is 0 Å². The van der Waals surface area contributed by atoms with Gasteiger partial charge < -0.3 is 14.6 Å². The fraction of sp³-hybridized carbons (Fsp3) is 0.474. The summed E-state index contributed by atoms with van der Waals surface area (Å²) in [6.07, 6.45) is 1.29. The van der Waals surface area contributed by atoms with Gasteiger partial charge in [-0.2, -0.15) is 0 Å². The lowest BCUT2D eigenvalue weighted by Crippen LogP contribution is -2.41. The largest absolute Gasteiger partial charge is 0.444 e. The van der Waals surface area contributed by atoms with Gasteiger partial charge >= 0.3 is 6.09 Å². The van der Waals surface area contributed by atoms with Crippen molar-refractivity contribution in [2.24, 2.45) is 0 Å². The third-order valence-electron chi connectivity index (χ3n) is 4.37. The van der Waals surface area contributed by atoms with Crippen molar-refractivity contribution in [1.29, 1.82) is 0 Å². The zero-order valence-corrected chi connectivity index (χ0v) is 14.5. The maximum atomic E-state index is 12.4. The highest BCUT2D eigenvalue weighted by atomic mass is 16.6. The van der Waals surface area contributed by atoms with Crippen LogP contribution in [-0.4, -0.2) is 34.7 Å². The molecular formula is C19H24N2O3. The number of fused-ring (bicyclic) bond motifs is 1. The Labute approximate surface area is 141 Å². The summed E-state index contributed by atoms with van der Waals surface area (Å²) in [4.78, 5) is 29.2. The van der Waals surface area contributed by atoms with Gasteiger partial charge in [0.05, 0.1) is 0 Å². The van der Waals surface area contributed by atoms with E-state index in [0.717, 1.165) is 29.3 Å². The van der Waals surface area contributed by atoms with Crippen LogP contribution < -0.4 is 5.56 Å². The second-order valence-electron chi connectivity index (χ2n) is 7.38. The van der Waals surface area contributed by atoms with Crippen LogP contribution in [-0.2, 0) is 4.74 Å². The first kappa shape index (κ1) is 16.6. The highest BCUT2D eigenvalue weighted by molar-refractivity contribution is 5.78. The molecule has 0 spiro atoms. The summed E-state index contributed by atoms with van der Waals surface area (Å²) >= 11 is 0. The second kappa shape index (κ2) is 6.30. The van der Waals surface area contributed by atoms with Crippen LogP contribution >= 0.6 is 0 Å². The predicted molar refractivity (Wildman–Crippen MR) is 94.4 cm³/mol. The van der Waals surface area contributed by atoms with Crippen molar-refractivity contribution in [2.45, 2.75) is 45.1 Å². The van der Waals surface area contributed by atoms with E-state index in [1.54, 1.807) is 4.90 Å². The Bertz CT molecular complexity index is 796. The number of aromatic amines is 1. The van der Waals surface area contributed by atoms with Crippen molar-refractivity contribution >= 4 is 17.0 Å². The zero-order valence-electron chi connectivity index (χ0n) is 14.5. The molecule has 2 heterocycles. The summed E-state index contributed by atoms with van der Waals surface area (Å²) in [7, 11) is 0. The summed E-state index contributed by atoms with van der Waals surface area (Å²) in [5.74, 6) is 0.178. The van der Waals surface area contributed by atoms with E-state index in [2.05, 4.69) is 4.98 Å². The average molecular weight is 328 g/mol. The summed E-state index contributed by atoms with van der Waals surface area (Å²) in [5, 5.41) is 1.04. The first-order chi connectivity index (χ1) is 11.3. The molecule has 1 aliphatic rings. The quantitative estimate of drug-likeness (QED) is 0.869. The molecule has 1 aromatic heterocycles. The molecule has 1 amide bonds. The van der Waals surface area contributed by atoms with E-state index in [1.807, 2.05) is 51.1 Å². The molecule has 0 atom stereocenters. The van der Waals surface area contributed by atoms with Gasteiger partial charge in [-0.25, -0.2) is 4.79 Å². The Hall–Kier alpha value is -2.30. The van der Waals surface area contributed by atoms with Crippen molar-refractivity contribution in [2.75, 3.05) is 13.1 Å². The van der Waals surface area contributed by atoms with E-state index in [4.69, 9.17) is 4.74 Å². The molecule has 0 unspecified atom stereocenters. The van der Waals surface area contributed by atoms with Gasteiger partial charge in [0.25, 0.3) is 5.56 Å². The Kier molecular flexibility index (Phi) is 4.35. The van der Waals surface area contributed by atoms with Crippen molar-refractivity contribution in [3.05, 3.63) is 46.2 Å². The minimum absolute atomic E-state index is 0.0237. The van der Waals surface area contributed by atoms with Crippen LogP contribution in [0.5, 0.6) is 0 Å². The second-order valence-corrected chi connectivity index (χ2v) is 7.38. The number of carbonyl (C=O) groups excluding carboxylic acids is 1. The Morgan fingerprint density at radius 2 is 1.88 bits per heavy atom. The number of amides is 1. The Balaban J connectivity index is 1.72. The molecule has 2 aromatic rings. The number of para-hydroxylation sites is 1. The summed E-state index contributed by atoms with van der Waals surface area (Å²) in [6.45, 7) is 6.84. The SMILES string of the molecule is CC(C)(C)OC(=O)N1CCC(c2cc3ccccc3[nH]c2=O)CC1. The fourth-order valence-corrected chi connectivity index (χ4v) is 3.17. The topological polar surface area (TPSA) is 62.4 Å². The van der Waals surface area contributed by atoms with E-state index in [9.17, 15) is 9.59 Å². The highest BCUT2D eigenvalue weighted by Crippen LogP contribution is 2.28. The first-order valence-electron chi connectivity index (χ1n) is 8.43. The lowest BCUT2D eigenvalue weighted by atomic mass is 9.89. The van der Waals surface area contributed by atoms with Crippen LogP contribution in [0.1, 0.15) is 45.1 Å². The third-order valence-corrected chi connectivity index (χ3v) is 4.37. The molecule has 0 radical (unpaired) electrons. The van der Waals surface area contributed by atoms with Crippen LogP contribution in [0.3, 0.4) is 0 Å². The minimum atomic E-state index is -0.483. The molecule has 0 saturated carbocycles. The maximum absolute atomic E-state index is 12.4. The van der Waals surface area contributed by atoms with E-state index >= 15 is 0 Å². The maximum Gasteiger partial charge on any atom is 0.410 e. The molecule has 1 N–H and O–H groups in total. The molecule has 1 aliphatic heterocycles. The minimum Gasteiger partial charge on any atom is -0.444 e. The van der Waals surface area contributed by atoms with Gasteiger partial charge in [0.1, 0.15) is 5.60 Å². The van der Waals surface area contributed by atoms with Gasteiger partial charge in [0.15, 0.2) is 0 Å². The predicted octanol–water partition coefficient (Wildman–Crippen LogP) is 3.64. The normalized spacial score (nSPS) is 16.4. The number of nitrogens with zero attached hydrogens (tertiary/aromatic N) is 1. The van der Waals surface area contributed by atoms with Gasteiger partial charge in [-0.15, -0.1) is 0 Å². The van der Waals surface area contributed by atoms with Gasteiger partial charge in [-0.1, -0.05) is 18.2 Å². The van der Waals surface area contributed by atoms with E-state index in [1.165, 1.54) is 0 Å². The van der Waals surface area contributed by atoms with E-state index < -0.39 is 5.60 Å². The van der Waals surface area contributed by atoms with Crippen LogP contribution in [0.4, 0.5) is 4.79 Å². The monoisotopic (exact) mass is 328 g/mol. The van der Waals surface area contributed by atoms with Crippen molar-refractivity contribution in [3.63, 3.8) is 0 Å². The summed E-state index contributed by atoms with van der Waals surface area (Å²) in [5.41, 5.74) is 1.17. The number of aromatic nitrogens is 1. The number of nitrogens with one attached hydrogen (secondary N) is 1. The Morgan fingerprint density at radius 1 is 1.21 bits per heavy atom. The number of ether oxygens (including phenoxy) is 1. The van der Waals surface area contributed by atoms with Crippen molar-refractivity contribution in [3.8, 4) is 0 Å². The number of piperidine rings is 1. The average Bonchev–Trinajstić information content (AvgIpc) is 2.53. The zero-order chi connectivity index (χ0) is 17.3. The smallest absolute Gasteiger partial charge is 0.410 e. The molecule has 1 fully saturated rings. The number of rotatable bonds is 1. The molecule has 128 valence electrons. The molecule has 1 aromatic carbocycles. The molecule has 24 heavy (non-hydrogen) atoms. The lowest BCUT2D eigenvalue weighted by molar-refractivity contribution is 0.0204. The number of hydrogen-bond acceptors (Lipinski definition) is 3. The number of likely N-dealkylation sites (tertiary alicyclic amines) is 1. The van der Waals surface area contributed by atoms with Crippen molar-refractivity contribution < 1.29 is 9.53 Å². The van der Waals surface area contributed by atoms with Crippen molar-refractivity contribution in [1.82, 2.24) is 9.88 Å². The van der Waals surface area contributed by atoms with Crippen LogP contribution in [0.25, 0.3) is 10.9 Å². The van der Waals surface area contributed by atoms with Crippen LogP contribution in [0.2, 0.25) is 0 Å².